The average molecular weight is 197 g/mol. The van der Waals surface area contributed by atoms with E-state index in [1.165, 1.54) is 6.92 Å². The molecule has 1 rings (SSSR count). The average Bonchev–Trinajstić information content (AvgIpc) is 2.23. The topological polar surface area (TPSA) is 63.3 Å². The second-order valence-electron chi connectivity index (χ2n) is 2.24. The van der Waals surface area contributed by atoms with Gasteiger partial charge in [0.25, 0.3) is 0 Å². The standard InChI is InChI=1S/C6H6O.C3H7NO.C2H6/c7-6-4-2-1-3-5-6;1-3(5)2-4;1-2/h1-5,7H;2,4H2,1H3;1-2H3. The van der Waals surface area contributed by atoms with Crippen LogP contribution in [0.1, 0.15) is 20.8 Å². The molecule has 0 aliphatic heterocycles. The predicted molar refractivity (Wildman–Crippen MR) is 59.2 cm³/mol. The first kappa shape index (κ1) is 15.1. The third-order valence-corrected chi connectivity index (χ3v) is 1.04. The normalized spacial score (nSPS) is 7.43. The number of carbonyl (C=O) groups is 1. The minimum atomic E-state index is 0.0324. The van der Waals surface area contributed by atoms with Crippen molar-refractivity contribution < 1.29 is 9.90 Å². The highest BCUT2D eigenvalue weighted by Gasteiger charge is 1.77. The van der Waals surface area contributed by atoms with Gasteiger partial charge in [-0.2, -0.15) is 0 Å². The summed E-state index contributed by atoms with van der Waals surface area (Å²) < 4.78 is 0. The van der Waals surface area contributed by atoms with Crippen LogP contribution in [0.25, 0.3) is 0 Å². The number of hydrogen-bond acceptors (Lipinski definition) is 3. The van der Waals surface area contributed by atoms with E-state index >= 15 is 0 Å². The van der Waals surface area contributed by atoms with Crippen LogP contribution in [-0.4, -0.2) is 17.4 Å². The number of Topliss-reactive ketones (excluding diaryl/α,β-unsaturated/α-hetero) is 1. The van der Waals surface area contributed by atoms with Crippen molar-refractivity contribution >= 4 is 5.78 Å². The molecule has 0 spiro atoms. The Bertz CT molecular complexity index is 222. The second kappa shape index (κ2) is 11.6. The van der Waals surface area contributed by atoms with Crippen LogP contribution in [0.3, 0.4) is 0 Å². The quantitative estimate of drug-likeness (QED) is 0.723. The largest absolute Gasteiger partial charge is 0.508 e. The highest BCUT2D eigenvalue weighted by atomic mass is 16.3. The molecule has 0 radical (unpaired) electrons. The Morgan fingerprint density at radius 3 is 1.79 bits per heavy atom. The number of benzene rings is 1. The van der Waals surface area contributed by atoms with E-state index in [2.05, 4.69) is 0 Å². The zero-order valence-electron chi connectivity index (χ0n) is 9.03. The Kier molecular flexibility index (Phi) is 12.6. The van der Waals surface area contributed by atoms with Crippen LogP contribution < -0.4 is 5.73 Å². The Balaban J connectivity index is 0. The van der Waals surface area contributed by atoms with Gasteiger partial charge in [0.05, 0.1) is 6.54 Å². The Morgan fingerprint density at radius 2 is 1.64 bits per heavy atom. The molecule has 3 nitrogen and oxygen atoms in total. The smallest absolute Gasteiger partial charge is 0.143 e. The van der Waals surface area contributed by atoms with Crippen molar-refractivity contribution in [1.82, 2.24) is 0 Å². The van der Waals surface area contributed by atoms with Crippen LogP contribution in [-0.2, 0) is 4.79 Å². The van der Waals surface area contributed by atoms with Crippen LogP contribution in [0.15, 0.2) is 30.3 Å². The molecule has 0 aliphatic rings. The number of aromatic hydroxyl groups is 1. The summed E-state index contributed by atoms with van der Waals surface area (Å²) in [5, 5.41) is 8.63. The maximum atomic E-state index is 9.69. The lowest BCUT2D eigenvalue weighted by molar-refractivity contribution is -0.115. The summed E-state index contributed by atoms with van der Waals surface area (Å²) >= 11 is 0. The monoisotopic (exact) mass is 197 g/mol. The zero-order chi connectivity index (χ0) is 11.4. The van der Waals surface area contributed by atoms with Gasteiger partial charge >= 0.3 is 0 Å². The number of para-hydroxylation sites is 1. The maximum Gasteiger partial charge on any atom is 0.143 e. The molecule has 14 heavy (non-hydrogen) atoms. The van der Waals surface area contributed by atoms with Crippen molar-refractivity contribution in [2.45, 2.75) is 20.8 Å². The SMILES string of the molecule is CC.CC(=O)CN.Oc1ccccc1. The van der Waals surface area contributed by atoms with E-state index in [1.54, 1.807) is 24.3 Å². The third kappa shape index (κ3) is 13.3. The molecule has 3 heteroatoms. The van der Waals surface area contributed by atoms with Crippen molar-refractivity contribution in [2.75, 3.05) is 6.54 Å². The van der Waals surface area contributed by atoms with Gasteiger partial charge in [0.2, 0.25) is 0 Å². The van der Waals surface area contributed by atoms with Gasteiger partial charge in [0, 0.05) is 0 Å². The lowest BCUT2D eigenvalue weighted by atomic mass is 10.3. The second-order valence-corrected chi connectivity index (χ2v) is 2.24. The first-order valence-corrected chi connectivity index (χ1v) is 4.60. The lowest BCUT2D eigenvalue weighted by Gasteiger charge is -1.82. The summed E-state index contributed by atoms with van der Waals surface area (Å²) in [6.45, 7) is 5.62. The van der Waals surface area contributed by atoms with Gasteiger partial charge in [-0.1, -0.05) is 32.0 Å². The third-order valence-electron chi connectivity index (χ3n) is 1.04. The minimum Gasteiger partial charge on any atom is -0.508 e. The van der Waals surface area contributed by atoms with Gasteiger partial charge < -0.3 is 10.8 Å². The van der Waals surface area contributed by atoms with Gasteiger partial charge in [0.1, 0.15) is 11.5 Å². The summed E-state index contributed by atoms with van der Waals surface area (Å²) in [5.41, 5.74) is 4.82. The number of ketones is 1. The molecule has 0 aliphatic carbocycles. The molecule has 0 atom stereocenters. The predicted octanol–water partition coefficient (Wildman–Crippen LogP) is 1.95. The Hall–Kier alpha value is -1.35. The van der Waals surface area contributed by atoms with Crippen molar-refractivity contribution in [2.24, 2.45) is 5.73 Å². The summed E-state index contributed by atoms with van der Waals surface area (Å²) in [6.07, 6.45) is 0. The molecule has 3 N–H and O–H groups in total. The van der Waals surface area contributed by atoms with Crippen molar-refractivity contribution in [1.29, 1.82) is 0 Å². The number of rotatable bonds is 1. The fourth-order valence-corrected chi connectivity index (χ4v) is 0.428. The molecular formula is C11H19NO2. The zero-order valence-corrected chi connectivity index (χ0v) is 9.03. The summed E-state index contributed by atoms with van der Waals surface area (Å²) in [6, 6.07) is 8.71. The molecule has 0 aromatic heterocycles. The van der Waals surface area contributed by atoms with Crippen molar-refractivity contribution in [3.8, 4) is 5.75 Å². The molecule has 0 amide bonds. The van der Waals surface area contributed by atoms with Crippen LogP contribution in [0.2, 0.25) is 0 Å². The highest BCUT2D eigenvalue weighted by molar-refractivity contribution is 5.77. The lowest BCUT2D eigenvalue weighted by Crippen LogP contribution is -2.07. The molecule has 0 heterocycles. The van der Waals surface area contributed by atoms with Gasteiger partial charge in [-0.3, -0.25) is 4.79 Å². The first-order chi connectivity index (χ1) is 6.66. The van der Waals surface area contributed by atoms with Crippen molar-refractivity contribution in [3.63, 3.8) is 0 Å². The van der Waals surface area contributed by atoms with Gasteiger partial charge in [-0.15, -0.1) is 0 Å². The van der Waals surface area contributed by atoms with Crippen LogP contribution in [0, 0.1) is 0 Å². The van der Waals surface area contributed by atoms with Crippen molar-refractivity contribution in [3.05, 3.63) is 30.3 Å². The van der Waals surface area contributed by atoms with Gasteiger partial charge in [-0.25, -0.2) is 0 Å². The first-order valence-electron chi connectivity index (χ1n) is 4.60. The van der Waals surface area contributed by atoms with E-state index in [1.807, 2.05) is 19.9 Å². The van der Waals surface area contributed by atoms with E-state index < -0.39 is 0 Å². The van der Waals surface area contributed by atoms with Crippen LogP contribution in [0.4, 0.5) is 0 Å². The molecule has 1 aromatic rings. The van der Waals surface area contributed by atoms with E-state index in [0.29, 0.717) is 5.75 Å². The Morgan fingerprint density at radius 1 is 1.29 bits per heavy atom. The molecule has 80 valence electrons. The fourth-order valence-electron chi connectivity index (χ4n) is 0.428. The molecule has 0 saturated heterocycles. The number of carbonyl (C=O) groups excluding carboxylic acids is 1. The molecule has 1 aromatic carbocycles. The molecule has 0 unspecified atom stereocenters. The fraction of sp³-hybridized carbons (Fsp3) is 0.364. The minimum absolute atomic E-state index is 0.0324. The maximum absolute atomic E-state index is 9.69. The van der Waals surface area contributed by atoms with E-state index in [0.717, 1.165) is 0 Å². The highest BCUT2D eigenvalue weighted by Crippen LogP contribution is 2.02. The Labute approximate surface area is 85.6 Å². The number of hydrogen-bond donors (Lipinski definition) is 2. The number of phenols is 1. The molecule has 0 bridgehead atoms. The molecular weight excluding hydrogens is 178 g/mol. The van der Waals surface area contributed by atoms with Gasteiger partial charge in [-0.05, 0) is 19.1 Å². The van der Waals surface area contributed by atoms with Crippen LogP contribution >= 0.6 is 0 Å². The number of phenolic OH excluding ortho intramolecular Hbond substituents is 1. The summed E-state index contributed by atoms with van der Waals surface area (Å²) in [4.78, 5) is 9.69. The molecule has 0 saturated carbocycles. The summed E-state index contributed by atoms with van der Waals surface area (Å²) in [5.74, 6) is 0.354. The number of nitrogens with two attached hydrogens (primary N) is 1. The molecule has 0 fully saturated rings. The summed E-state index contributed by atoms with van der Waals surface area (Å²) in [7, 11) is 0. The van der Waals surface area contributed by atoms with E-state index in [9.17, 15) is 4.79 Å². The van der Waals surface area contributed by atoms with E-state index in [-0.39, 0.29) is 12.3 Å². The van der Waals surface area contributed by atoms with E-state index in [4.69, 9.17) is 10.8 Å². The van der Waals surface area contributed by atoms with Gasteiger partial charge in [0.15, 0.2) is 0 Å². The van der Waals surface area contributed by atoms with Crippen LogP contribution in [0.5, 0.6) is 5.75 Å².